The molecule has 126 valence electrons. The molecule has 24 heavy (non-hydrogen) atoms. The maximum atomic E-state index is 12.0. The van der Waals surface area contributed by atoms with Crippen molar-refractivity contribution in [3.63, 3.8) is 0 Å². The van der Waals surface area contributed by atoms with Crippen LogP contribution in [0.15, 0.2) is 48.5 Å². The average molecular weight is 326 g/mol. The molecule has 0 bridgehead atoms. The van der Waals surface area contributed by atoms with Crippen molar-refractivity contribution in [3.05, 3.63) is 59.7 Å². The van der Waals surface area contributed by atoms with Gasteiger partial charge in [0.05, 0.1) is 0 Å². The molecular weight excluding hydrogens is 304 g/mol. The molecule has 0 saturated heterocycles. The number of hydrogen-bond acceptors (Lipinski definition) is 3. The zero-order valence-corrected chi connectivity index (χ0v) is 13.9. The first-order valence-electron chi connectivity index (χ1n) is 7.92. The van der Waals surface area contributed by atoms with Gasteiger partial charge in [0.1, 0.15) is 5.75 Å². The van der Waals surface area contributed by atoms with Crippen LogP contribution >= 0.6 is 0 Å². The van der Waals surface area contributed by atoms with Crippen molar-refractivity contribution < 1.29 is 14.3 Å². The van der Waals surface area contributed by atoms with E-state index in [1.165, 1.54) is 0 Å². The molecule has 0 saturated carbocycles. The Kier molecular flexibility index (Phi) is 5.95. The molecule has 0 heterocycles. The summed E-state index contributed by atoms with van der Waals surface area (Å²) >= 11 is 0. The Labute approximate surface area is 141 Å². The van der Waals surface area contributed by atoms with Gasteiger partial charge in [-0.2, -0.15) is 0 Å². The van der Waals surface area contributed by atoms with Gasteiger partial charge in [-0.15, -0.1) is 0 Å². The summed E-state index contributed by atoms with van der Waals surface area (Å²) in [5.74, 6) is 0.329. The largest absolute Gasteiger partial charge is 0.483 e. The number of amides is 2. The highest BCUT2D eigenvalue weighted by molar-refractivity contribution is 5.95. The molecule has 2 aromatic rings. The van der Waals surface area contributed by atoms with E-state index >= 15 is 0 Å². The van der Waals surface area contributed by atoms with E-state index in [4.69, 9.17) is 10.5 Å². The van der Waals surface area contributed by atoms with Crippen molar-refractivity contribution >= 4 is 17.5 Å². The van der Waals surface area contributed by atoms with Crippen molar-refractivity contribution in [3.8, 4) is 5.75 Å². The summed E-state index contributed by atoms with van der Waals surface area (Å²) in [6, 6.07) is 14.1. The number of nitrogens with one attached hydrogen (secondary N) is 1. The molecule has 0 unspecified atom stereocenters. The van der Waals surface area contributed by atoms with Crippen LogP contribution in [-0.2, 0) is 4.79 Å². The lowest BCUT2D eigenvalue weighted by atomic mass is 9.98. The summed E-state index contributed by atoms with van der Waals surface area (Å²) in [5.41, 5.74) is 7.26. The van der Waals surface area contributed by atoms with Gasteiger partial charge in [0.15, 0.2) is 6.61 Å². The molecule has 1 atom stereocenters. The van der Waals surface area contributed by atoms with Crippen LogP contribution in [0.25, 0.3) is 0 Å². The topological polar surface area (TPSA) is 81.4 Å². The van der Waals surface area contributed by atoms with Gasteiger partial charge in [-0.1, -0.05) is 32.0 Å². The second kappa shape index (κ2) is 8.15. The Balaban J connectivity index is 1.95. The summed E-state index contributed by atoms with van der Waals surface area (Å²) in [4.78, 5) is 23.0. The molecule has 0 aliphatic heterocycles. The van der Waals surface area contributed by atoms with Gasteiger partial charge in [-0.3, -0.25) is 9.59 Å². The number of primary amides is 1. The van der Waals surface area contributed by atoms with Crippen LogP contribution < -0.4 is 15.8 Å². The molecule has 0 fully saturated rings. The number of hydrogen-bond donors (Lipinski definition) is 2. The van der Waals surface area contributed by atoms with E-state index in [1.807, 2.05) is 24.3 Å². The minimum Gasteiger partial charge on any atom is -0.483 e. The highest BCUT2D eigenvalue weighted by Gasteiger charge is 2.11. The molecule has 0 aliphatic carbocycles. The van der Waals surface area contributed by atoms with Gasteiger partial charge in [-0.25, -0.2) is 0 Å². The van der Waals surface area contributed by atoms with Crippen LogP contribution in [0.4, 0.5) is 5.69 Å². The molecule has 0 aromatic heterocycles. The number of carbonyl (C=O) groups excluding carboxylic acids is 2. The van der Waals surface area contributed by atoms with Crippen molar-refractivity contribution in [1.82, 2.24) is 0 Å². The molecule has 5 nitrogen and oxygen atoms in total. The zero-order valence-electron chi connectivity index (χ0n) is 13.9. The average Bonchev–Trinajstić information content (AvgIpc) is 2.60. The number of nitrogens with two attached hydrogens (primary N) is 1. The third-order valence-corrected chi connectivity index (χ3v) is 3.87. The van der Waals surface area contributed by atoms with Gasteiger partial charge in [0.25, 0.3) is 5.91 Å². The lowest BCUT2D eigenvalue weighted by Crippen LogP contribution is -2.20. The molecule has 5 heteroatoms. The predicted molar refractivity (Wildman–Crippen MR) is 94.2 cm³/mol. The van der Waals surface area contributed by atoms with Gasteiger partial charge < -0.3 is 15.8 Å². The molecule has 0 radical (unpaired) electrons. The normalized spacial score (nSPS) is 11.6. The van der Waals surface area contributed by atoms with Crippen LogP contribution in [0.3, 0.4) is 0 Å². The Hall–Kier alpha value is -2.82. The summed E-state index contributed by atoms with van der Waals surface area (Å²) in [7, 11) is 0. The molecule has 2 aromatic carbocycles. The molecule has 0 aliphatic rings. The minimum absolute atomic E-state index is 0.0784. The van der Waals surface area contributed by atoms with E-state index in [9.17, 15) is 9.59 Å². The Morgan fingerprint density at radius 1 is 1.12 bits per heavy atom. The number of rotatable bonds is 7. The Morgan fingerprint density at radius 2 is 1.79 bits per heavy atom. The zero-order chi connectivity index (χ0) is 17.5. The number of benzene rings is 2. The Bertz CT molecular complexity index is 711. The SMILES string of the molecule is CC[C@H](C)c1ccccc1OCC(=O)Nc1ccc(C(N)=O)cc1. The second-order valence-corrected chi connectivity index (χ2v) is 5.63. The smallest absolute Gasteiger partial charge is 0.262 e. The highest BCUT2D eigenvalue weighted by atomic mass is 16.5. The first-order chi connectivity index (χ1) is 11.5. The van der Waals surface area contributed by atoms with E-state index in [2.05, 4.69) is 19.2 Å². The first-order valence-corrected chi connectivity index (χ1v) is 7.92. The summed E-state index contributed by atoms with van der Waals surface area (Å²) in [6.07, 6.45) is 0.999. The molecule has 0 spiro atoms. The van der Waals surface area contributed by atoms with Gasteiger partial charge in [0, 0.05) is 11.3 Å². The third kappa shape index (κ3) is 4.59. The van der Waals surface area contributed by atoms with E-state index < -0.39 is 5.91 Å². The molecule has 3 N–H and O–H groups in total. The van der Waals surface area contributed by atoms with Gasteiger partial charge in [0.2, 0.25) is 5.91 Å². The van der Waals surface area contributed by atoms with E-state index in [0.29, 0.717) is 17.2 Å². The fraction of sp³-hybridized carbons (Fsp3) is 0.263. The lowest BCUT2D eigenvalue weighted by molar-refractivity contribution is -0.118. The molecular formula is C19H22N2O3. The Morgan fingerprint density at radius 3 is 2.42 bits per heavy atom. The summed E-state index contributed by atoms with van der Waals surface area (Å²) in [6.45, 7) is 4.16. The van der Waals surface area contributed by atoms with E-state index in [1.54, 1.807) is 24.3 Å². The van der Waals surface area contributed by atoms with E-state index in [0.717, 1.165) is 17.7 Å². The van der Waals surface area contributed by atoms with Crippen molar-refractivity contribution in [2.24, 2.45) is 5.73 Å². The fourth-order valence-corrected chi connectivity index (χ4v) is 2.30. The van der Waals surface area contributed by atoms with Crippen LogP contribution in [0.1, 0.15) is 42.1 Å². The van der Waals surface area contributed by atoms with Crippen LogP contribution in [0.5, 0.6) is 5.75 Å². The quantitative estimate of drug-likeness (QED) is 0.819. The first kappa shape index (κ1) is 17.5. The monoisotopic (exact) mass is 326 g/mol. The standard InChI is InChI=1S/C19H22N2O3/c1-3-13(2)16-6-4-5-7-17(16)24-12-18(22)21-15-10-8-14(9-11-15)19(20)23/h4-11,13H,3,12H2,1-2H3,(H2,20,23)(H,21,22)/t13-/m0/s1. The number of carbonyl (C=O) groups is 2. The molecule has 2 amide bonds. The maximum Gasteiger partial charge on any atom is 0.262 e. The van der Waals surface area contributed by atoms with Gasteiger partial charge in [-0.05, 0) is 48.2 Å². The van der Waals surface area contributed by atoms with Crippen LogP contribution in [0.2, 0.25) is 0 Å². The van der Waals surface area contributed by atoms with Crippen molar-refractivity contribution in [1.29, 1.82) is 0 Å². The second-order valence-electron chi connectivity index (χ2n) is 5.63. The van der Waals surface area contributed by atoms with Crippen LogP contribution in [0, 0.1) is 0 Å². The fourth-order valence-electron chi connectivity index (χ4n) is 2.30. The van der Waals surface area contributed by atoms with Crippen molar-refractivity contribution in [2.75, 3.05) is 11.9 Å². The maximum absolute atomic E-state index is 12.0. The summed E-state index contributed by atoms with van der Waals surface area (Å²) < 4.78 is 5.67. The van der Waals surface area contributed by atoms with Crippen LogP contribution in [-0.4, -0.2) is 18.4 Å². The lowest BCUT2D eigenvalue weighted by Gasteiger charge is -2.15. The predicted octanol–water partition coefficient (Wildman–Crippen LogP) is 3.32. The number of anilines is 1. The third-order valence-electron chi connectivity index (χ3n) is 3.87. The van der Waals surface area contributed by atoms with E-state index in [-0.39, 0.29) is 12.5 Å². The van der Waals surface area contributed by atoms with Gasteiger partial charge >= 0.3 is 0 Å². The molecule has 2 rings (SSSR count). The summed E-state index contributed by atoms with van der Waals surface area (Å²) in [5, 5.41) is 2.72. The van der Waals surface area contributed by atoms with Crippen molar-refractivity contribution in [2.45, 2.75) is 26.2 Å². The number of para-hydroxylation sites is 1. The minimum atomic E-state index is -0.502. The number of ether oxygens (including phenoxy) is 1. The highest BCUT2D eigenvalue weighted by Crippen LogP contribution is 2.28.